The molecule has 11 heavy (non-hydrogen) atoms. The Kier molecular flexibility index (Phi) is 1.56. The summed E-state index contributed by atoms with van der Waals surface area (Å²) in [5, 5.41) is -0.287. The van der Waals surface area contributed by atoms with Crippen LogP contribution in [-0.4, -0.2) is 18.9 Å². The average molecular weight is 172 g/mol. The highest BCUT2D eigenvalue weighted by Gasteiger charge is 2.37. The van der Waals surface area contributed by atoms with Crippen LogP contribution >= 0.6 is 0 Å². The zero-order valence-electron chi connectivity index (χ0n) is 6.36. The van der Waals surface area contributed by atoms with E-state index >= 15 is 0 Å². The first-order valence-electron chi connectivity index (χ1n) is 4.12. The molecule has 1 saturated heterocycles. The molecule has 0 N–H and O–H groups in total. The molecule has 2 atom stereocenters. The van der Waals surface area contributed by atoms with Gasteiger partial charge in [-0.2, -0.15) is 0 Å². The standard InChI is InChI=1S/C8H12O2S/c9-11(10)7-3-1-2-4-8(11)6-5-7/h5-8H,1-4H2/t7-,8+. The summed E-state index contributed by atoms with van der Waals surface area (Å²) in [5.74, 6) is 0. The van der Waals surface area contributed by atoms with E-state index < -0.39 is 9.84 Å². The molecule has 0 unspecified atom stereocenters. The Labute approximate surface area is 67.2 Å². The molecule has 0 aromatic rings. The molecule has 0 spiro atoms. The zero-order chi connectivity index (χ0) is 7.90. The Morgan fingerprint density at radius 1 is 1.00 bits per heavy atom. The van der Waals surface area contributed by atoms with Gasteiger partial charge in [-0.1, -0.05) is 25.0 Å². The lowest BCUT2D eigenvalue weighted by atomic mass is 10.1. The van der Waals surface area contributed by atoms with E-state index in [1.807, 2.05) is 12.2 Å². The van der Waals surface area contributed by atoms with Crippen molar-refractivity contribution >= 4 is 9.84 Å². The lowest BCUT2D eigenvalue weighted by molar-refractivity contribution is 0.585. The molecule has 1 fully saturated rings. The molecule has 0 aliphatic carbocycles. The first-order chi connectivity index (χ1) is 5.21. The van der Waals surface area contributed by atoms with Gasteiger partial charge in [-0.3, -0.25) is 0 Å². The van der Waals surface area contributed by atoms with Crippen LogP contribution in [0.25, 0.3) is 0 Å². The Hall–Kier alpha value is -0.310. The van der Waals surface area contributed by atoms with Gasteiger partial charge in [-0.05, 0) is 12.8 Å². The van der Waals surface area contributed by atoms with Gasteiger partial charge in [0.05, 0.1) is 10.5 Å². The molecule has 0 radical (unpaired) electrons. The summed E-state index contributed by atoms with van der Waals surface area (Å²) in [5.41, 5.74) is 0. The number of rotatable bonds is 0. The largest absolute Gasteiger partial charge is 0.228 e. The second kappa shape index (κ2) is 2.34. The van der Waals surface area contributed by atoms with E-state index in [2.05, 4.69) is 0 Å². The number of hydrogen-bond acceptors (Lipinski definition) is 2. The van der Waals surface area contributed by atoms with Crippen molar-refractivity contribution in [3.63, 3.8) is 0 Å². The minimum atomic E-state index is -2.78. The smallest absolute Gasteiger partial charge is 0.163 e. The van der Waals surface area contributed by atoms with Crippen molar-refractivity contribution in [2.24, 2.45) is 0 Å². The van der Waals surface area contributed by atoms with Crippen molar-refractivity contribution in [2.45, 2.75) is 36.2 Å². The van der Waals surface area contributed by atoms with E-state index in [9.17, 15) is 8.42 Å². The molecular formula is C8H12O2S. The van der Waals surface area contributed by atoms with Gasteiger partial charge in [0.25, 0.3) is 0 Å². The van der Waals surface area contributed by atoms with Gasteiger partial charge in [0.1, 0.15) is 0 Å². The van der Waals surface area contributed by atoms with Crippen LogP contribution in [0.4, 0.5) is 0 Å². The van der Waals surface area contributed by atoms with E-state index in [0.29, 0.717) is 0 Å². The second-order valence-electron chi connectivity index (χ2n) is 3.34. The first kappa shape index (κ1) is 7.35. The predicted molar refractivity (Wildman–Crippen MR) is 44.1 cm³/mol. The highest BCUT2D eigenvalue weighted by atomic mass is 32.2. The van der Waals surface area contributed by atoms with Crippen LogP contribution in [0, 0.1) is 0 Å². The van der Waals surface area contributed by atoms with Crippen molar-refractivity contribution in [3.8, 4) is 0 Å². The Morgan fingerprint density at radius 3 is 1.91 bits per heavy atom. The van der Waals surface area contributed by atoms with Crippen LogP contribution in [0.3, 0.4) is 0 Å². The van der Waals surface area contributed by atoms with Gasteiger partial charge in [0.15, 0.2) is 9.84 Å². The van der Waals surface area contributed by atoms with E-state index in [0.717, 1.165) is 25.7 Å². The summed E-state index contributed by atoms with van der Waals surface area (Å²) in [7, 11) is -2.78. The SMILES string of the molecule is O=S1(=O)[C@@H]2C=C[C@H]1CCCC2. The quantitative estimate of drug-likeness (QED) is 0.516. The highest BCUT2D eigenvalue weighted by Crippen LogP contribution is 2.31. The maximum absolute atomic E-state index is 11.5. The molecule has 2 heterocycles. The third kappa shape index (κ3) is 1.02. The molecule has 0 aromatic carbocycles. The Bertz CT molecular complexity index is 254. The molecule has 2 aliphatic rings. The fourth-order valence-electron chi connectivity index (χ4n) is 1.90. The molecule has 3 heteroatoms. The van der Waals surface area contributed by atoms with Crippen molar-refractivity contribution in [2.75, 3.05) is 0 Å². The van der Waals surface area contributed by atoms with Crippen molar-refractivity contribution in [1.82, 2.24) is 0 Å². The fraction of sp³-hybridized carbons (Fsp3) is 0.750. The van der Waals surface area contributed by atoms with Crippen LogP contribution in [0.1, 0.15) is 25.7 Å². The Balaban J connectivity index is 2.40. The Morgan fingerprint density at radius 2 is 1.45 bits per heavy atom. The molecular weight excluding hydrogens is 160 g/mol. The fourth-order valence-corrected chi connectivity index (χ4v) is 3.96. The maximum Gasteiger partial charge on any atom is 0.163 e. The first-order valence-corrected chi connectivity index (χ1v) is 5.73. The summed E-state index contributed by atoms with van der Waals surface area (Å²) in [6.45, 7) is 0. The van der Waals surface area contributed by atoms with Crippen LogP contribution in [0.2, 0.25) is 0 Å². The van der Waals surface area contributed by atoms with Crippen LogP contribution < -0.4 is 0 Å². The number of fused-ring (bicyclic) bond motifs is 2. The minimum Gasteiger partial charge on any atom is -0.228 e. The lowest BCUT2D eigenvalue weighted by Crippen LogP contribution is -2.21. The zero-order valence-corrected chi connectivity index (χ0v) is 7.18. The van der Waals surface area contributed by atoms with E-state index in [4.69, 9.17) is 0 Å². The van der Waals surface area contributed by atoms with Crippen LogP contribution in [-0.2, 0) is 9.84 Å². The summed E-state index contributed by atoms with van der Waals surface area (Å²) in [6, 6.07) is 0. The van der Waals surface area contributed by atoms with Crippen molar-refractivity contribution < 1.29 is 8.42 Å². The molecule has 0 aromatic heterocycles. The van der Waals surface area contributed by atoms with Crippen LogP contribution in [0.15, 0.2) is 12.2 Å². The molecule has 2 nitrogen and oxygen atoms in total. The van der Waals surface area contributed by atoms with Gasteiger partial charge in [-0.25, -0.2) is 8.42 Å². The summed E-state index contributed by atoms with van der Waals surface area (Å²) >= 11 is 0. The molecule has 2 bridgehead atoms. The van der Waals surface area contributed by atoms with Gasteiger partial charge in [0, 0.05) is 0 Å². The molecule has 0 saturated carbocycles. The minimum absolute atomic E-state index is 0.144. The van der Waals surface area contributed by atoms with E-state index in [1.54, 1.807) is 0 Å². The van der Waals surface area contributed by atoms with Gasteiger partial charge in [-0.15, -0.1) is 0 Å². The van der Waals surface area contributed by atoms with Crippen LogP contribution in [0.5, 0.6) is 0 Å². The predicted octanol–water partition coefficient (Wildman–Crippen LogP) is 1.28. The van der Waals surface area contributed by atoms with Crippen molar-refractivity contribution in [1.29, 1.82) is 0 Å². The van der Waals surface area contributed by atoms with Gasteiger partial charge < -0.3 is 0 Å². The summed E-state index contributed by atoms with van der Waals surface area (Å²) < 4.78 is 23.1. The van der Waals surface area contributed by atoms with Gasteiger partial charge >= 0.3 is 0 Å². The second-order valence-corrected chi connectivity index (χ2v) is 5.72. The third-order valence-corrected chi connectivity index (χ3v) is 5.09. The molecule has 2 aliphatic heterocycles. The highest BCUT2D eigenvalue weighted by molar-refractivity contribution is 7.93. The topological polar surface area (TPSA) is 34.1 Å². The monoisotopic (exact) mass is 172 g/mol. The lowest BCUT2D eigenvalue weighted by Gasteiger charge is -2.06. The summed E-state index contributed by atoms with van der Waals surface area (Å²) in [6.07, 6.45) is 7.58. The molecule has 0 amide bonds. The van der Waals surface area contributed by atoms with E-state index in [-0.39, 0.29) is 10.5 Å². The maximum atomic E-state index is 11.5. The number of sulfone groups is 1. The number of hydrogen-bond donors (Lipinski definition) is 0. The average Bonchev–Trinajstić information content (AvgIpc) is 2.00. The third-order valence-electron chi connectivity index (χ3n) is 2.61. The molecule has 2 rings (SSSR count). The normalized spacial score (nSPS) is 40.4. The molecule has 62 valence electrons. The van der Waals surface area contributed by atoms with Crippen molar-refractivity contribution in [3.05, 3.63) is 12.2 Å². The van der Waals surface area contributed by atoms with Gasteiger partial charge in [0.2, 0.25) is 0 Å². The summed E-state index contributed by atoms with van der Waals surface area (Å²) in [4.78, 5) is 0. The van der Waals surface area contributed by atoms with E-state index in [1.165, 1.54) is 0 Å².